The van der Waals surface area contributed by atoms with Gasteiger partial charge in [-0.15, -0.1) is 0 Å². The molecule has 19 heavy (non-hydrogen) atoms. The Kier molecular flexibility index (Phi) is 3.31. The second kappa shape index (κ2) is 4.96. The van der Waals surface area contributed by atoms with Crippen molar-refractivity contribution >= 4 is 11.6 Å². The van der Waals surface area contributed by atoms with Crippen molar-refractivity contribution < 1.29 is 5.11 Å². The van der Waals surface area contributed by atoms with Crippen LogP contribution in [0.15, 0.2) is 6.07 Å². The number of nitrogens with one attached hydrogen (secondary N) is 1. The van der Waals surface area contributed by atoms with Gasteiger partial charge in [-0.3, -0.25) is 0 Å². The van der Waals surface area contributed by atoms with Crippen LogP contribution in [0.25, 0.3) is 0 Å². The zero-order valence-corrected chi connectivity index (χ0v) is 11.2. The average Bonchev–Trinajstić information content (AvgIpc) is 3.23. The Labute approximate surface area is 113 Å². The number of nitrogen functional groups attached to an aromatic ring is 1. The summed E-state index contributed by atoms with van der Waals surface area (Å²) in [6.07, 6.45) is 7.87. The fourth-order valence-electron chi connectivity index (χ4n) is 2.90. The largest absolute Gasteiger partial charge is 0.394 e. The molecule has 0 unspecified atom stereocenters. The molecule has 2 aliphatic rings. The lowest BCUT2D eigenvalue weighted by Gasteiger charge is -2.37. The quantitative estimate of drug-likeness (QED) is 0.773. The van der Waals surface area contributed by atoms with Crippen molar-refractivity contribution in [3.8, 4) is 0 Å². The normalized spacial score (nSPS) is 22.2. The molecule has 0 aromatic carbocycles. The molecular formula is C14H22N4O. The van der Waals surface area contributed by atoms with Crippen molar-refractivity contribution in [3.63, 3.8) is 0 Å². The predicted molar refractivity (Wildman–Crippen MR) is 74.9 cm³/mol. The monoisotopic (exact) mass is 262 g/mol. The van der Waals surface area contributed by atoms with Crippen molar-refractivity contribution in [2.75, 3.05) is 17.7 Å². The highest BCUT2D eigenvalue weighted by molar-refractivity contribution is 5.47. The van der Waals surface area contributed by atoms with E-state index in [-0.39, 0.29) is 12.1 Å². The van der Waals surface area contributed by atoms with Gasteiger partial charge in [0.25, 0.3) is 0 Å². The van der Waals surface area contributed by atoms with Gasteiger partial charge >= 0.3 is 0 Å². The number of hydrogen-bond acceptors (Lipinski definition) is 5. The standard InChI is InChI=1S/C14H22N4O/c15-11-8-12(17-13(16-11)10-4-5-10)18-14(9-19)6-2-1-3-7-14/h8,10,19H,1-7,9H2,(H3,15,16,17,18). The van der Waals surface area contributed by atoms with Crippen LogP contribution in [0.3, 0.4) is 0 Å². The van der Waals surface area contributed by atoms with Crippen LogP contribution in [0, 0.1) is 0 Å². The van der Waals surface area contributed by atoms with E-state index in [9.17, 15) is 5.11 Å². The predicted octanol–water partition coefficient (Wildman–Crippen LogP) is 2.04. The lowest BCUT2D eigenvalue weighted by atomic mass is 9.82. The summed E-state index contributed by atoms with van der Waals surface area (Å²) < 4.78 is 0. The first kappa shape index (κ1) is 12.7. The van der Waals surface area contributed by atoms with Gasteiger partial charge in [-0.2, -0.15) is 0 Å². The average molecular weight is 262 g/mol. The molecule has 5 nitrogen and oxygen atoms in total. The van der Waals surface area contributed by atoms with Gasteiger partial charge in [0.05, 0.1) is 12.1 Å². The zero-order valence-electron chi connectivity index (χ0n) is 11.2. The number of aliphatic hydroxyl groups excluding tert-OH is 1. The van der Waals surface area contributed by atoms with Crippen LogP contribution >= 0.6 is 0 Å². The summed E-state index contributed by atoms with van der Waals surface area (Å²) in [6, 6.07) is 1.78. The van der Waals surface area contributed by atoms with Crippen molar-refractivity contribution in [2.24, 2.45) is 0 Å². The van der Waals surface area contributed by atoms with Crippen molar-refractivity contribution in [3.05, 3.63) is 11.9 Å². The number of rotatable bonds is 4. The fraction of sp³-hybridized carbons (Fsp3) is 0.714. The highest BCUT2D eigenvalue weighted by Crippen LogP contribution is 2.39. The molecule has 0 atom stereocenters. The van der Waals surface area contributed by atoms with Crippen LogP contribution < -0.4 is 11.1 Å². The van der Waals surface area contributed by atoms with E-state index >= 15 is 0 Å². The molecule has 2 aliphatic carbocycles. The van der Waals surface area contributed by atoms with Gasteiger partial charge in [0.15, 0.2) is 0 Å². The molecule has 4 N–H and O–H groups in total. The Morgan fingerprint density at radius 2 is 2.00 bits per heavy atom. The number of nitrogens with two attached hydrogens (primary N) is 1. The van der Waals surface area contributed by atoms with E-state index in [1.54, 1.807) is 6.07 Å². The summed E-state index contributed by atoms with van der Waals surface area (Å²) in [5, 5.41) is 13.2. The van der Waals surface area contributed by atoms with Crippen LogP contribution in [0.4, 0.5) is 11.6 Å². The van der Waals surface area contributed by atoms with Crippen LogP contribution in [0.5, 0.6) is 0 Å². The lowest BCUT2D eigenvalue weighted by Crippen LogP contribution is -2.44. The number of aromatic nitrogens is 2. The van der Waals surface area contributed by atoms with Crippen LogP contribution in [0.2, 0.25) is 0 Å². The molecule has 1 aromatic rings. The molecule has 104 valence electrons. The minimum atomic E-state index is -0.222. The van der Waals surface area contributed by atoms with E-state index < -0.39 is 0 Å². The molecule has 2 saturated carbocycles. The molecule has 0 radical (unpaired) electrons. The fourth-order valence-corrected chi connectivity index (χ4v) is 2.90. The van der Waals surface area contributed by atoms with E-state index in [1.165, 1.54) is 6.42 Å². The third-order valence-electron chi connectivity index (χ3n) is 4.21. The first-order valence-corrected chi connectivity index (χ1v) is 7.24. The molecular weight excluding hydrogens is 240 g/mol. The summed E-state index contributed by atoms with van der Waals surface area (Å²) in [5.74, 6) is 2.63. The highest BCUT2D eigenvalue weighted by Gasteiger charge is 2.32. The molecule has 5 heteroatoms. The maximum Gasteiger partial charge on any atom is 0.136 e. The number of hydrogen-bond donors (Lipinski definition) is 3. The topological polar surface area (TPSA) is 84.1 Å². The molecule has 0 amide bonds. The first-order valence-electron chi connectivity index (χ1n) is 7.24. The Morgan fingerprint density at radius 1 is 1.26 bits per heavy atom. The van der Waals surface area contributed by atoms with E-state index in [2.05, 4.69) is 15.3 Å². The molecule has 1 aromatic heterocycles. The van der Waals surface area contributed by atoms with Gasteiger partial charge in [-0.25, -0.2) is 9.97 Å². The molecule has 3 rings (SSSR count). The number of nitrogens with zero attached hydrogens (tertiary/aromatic N) is 2. The molecule has 0 saturated heterocycles. The molecule has 1 heterocycles. The minimum absolute atomic E-state index is 0.148. The van der Waals surface area contributed by atoms with Gasteiger partial charge in [0, 0.05) is 12.0 Å². The Bertz CT molecular complexity index is 453. The van der Waals surface area contributed by atoms with Gasteiger partial charge in [0.1, 0.15) is 17.5 Å². The second-order valence-corrected chi connectivity index (χ2v) is 5.93. The molecule has 0 aliphatic heterocycles. The summed E-state index contributed by atoms with van der Waals surface area (Å²) in [6.45, 7) is 0.148. The smallest absolute Gasteiger partial charge is 0.136 e. The maximum atomic E-state index is 9.73. The van der Waals surface area contributed by atoms with Gasteiger partial charge in [-0.05, 0) is 25.7 Å². The van der Waals surface area contributed by atoms with Crippen LogP contribution in [0.1, 0.15) is 56.7 Å². The summed E-state index contributed by atoms with van der Waals surface area (Å²) in [5.41, 5.74) is 5.64. The van der Waals surface area contributed by atoms with E-state index in [1.807, 2.05) is 0 Å². The van der Waals surface area contributed by atoms with E-state index in [0.717, 1.165) is 50.2 Å². The van der Waals surface area contributed by atoms with E-state index in [4.69, 9.17) is 5.73 Å². The third-order valence-corrected chi connectivity index (χ3v) is 4.21. The van der Waals surface area contributed by atoms with Crippen molar-refractivity contribution in [2.45, 2.75) is 56.4 Å². The Hall–Kier alpha value is -1.36. The second-order valence-electron chi connectivity index (χ2n) is 5.93. The number of aliphatic hydroxyl groups is 1. The van der Waals surface area contributed by atoms with Gasteiger partial charge in [0.2, 0.25) is 0 Å². The molecule has 2 fully saturated rings. The maximum absolute atomic E-state index is 9.73. The highest BCUT2D eigenvalue weighted by atomic mass is 16.3. The zero-order chi connectivity index (χ0) is 13.3. The van der Waals surface area contributed by atoms with Crippen molar-refractivity contribution in [1.29, 1.82) is 0 Å². The van der Waals surface area contributed by atoms with Crippen LogP contribution in [-0.2, 0) is 0 Å². The van der Waals surface area contributed by atoms with Crippen molar-refractivity contribution in [1.82, 2.24) is 9.97 Å². The molecule has 0 spiro atoms. The van der Waals surface area contributed by atoms with E-state index in [0.29, 0.717) is 11.7 Å². The lowest BCUT2D eigenvalue weighted by molar-refractivity contribution is 0.172. The summed E-state index contributed by atoms with van der Waals surface area (Å²) in [7, 11) is 0. The van der Waals surface area contributed by atoms with Gasteiger partial charge < -0.3 is 16.2 Å². The first-order chi connectivity index (χ1) is 9.21. The van der Waals surface area contributed by atoms with Gasteiger partial charge in [-0.1, -0.05) is 19.3 Å². The number of anilines is 2. The third kappa shape index (κ3) is 2.81. The molecule has 0 bridgehead atoms. The Morgan fingerprint density at radius 3 is 2.63 bits per heavy atom. The van der Waals surface area contributed by atoms with Crippen LogP contribution in [-0.4, -0.2) is 27.2 Å². The summed E-state index contributed by atoms with van der Waals surface area (Å²) >= 11 is 0. The Balaban J connectivity index is 1.80. The summed E-state index contributed by atoms with van der Waals surface area (Å²) in [4.78, 5) is 8.87. The SMILES string of the molecule is Nc1cc(NC2(CO)CCCCC2)nc(C2CC2)n1. The minimum Gasteiger partial charge on any atom is -0.394 e.